The summed E-state index contributed by atoms with van der Waals surface area (Å²) in [5.74, 6) is 2.64. The molecule has 0 saturated carbocycles. The van der Waals surface area contributed by atoms with Crippen LogP contribution < -0.4 is 4.90 Å². The van der Waals surface area contributed by atoms with Crippen molar-refractivity contribution in [1.29, 1.82) is 0 Å². The highest BCUT2D eigenvalue weighted by Crippen LogP contribution is 2.31. The SMILES string of the molecule is Cn1cnnc1C1CCN(c2ncccc2Br)CC1. The fraction of sp³-hybridized carbons (Fsp3) is 0.462. The van der Waals surface area contributed by atoms with Crippen molar-refractivity contribution in [2.75, 3.05) is 18.0 Å². The summed E-state index contributed by atoms with van der Waals surface area (Å²) in [4.78, 5) is 6.78. The summed E-state index contributed by atoms with van der Waals surface area (Å²) < 4.78 is 3.09. The van der Waals surface area contributed by atoms with Gasteiger partial charge in [-0.15, -0.1) is 10.2 Å². The van der Waals surface area contributed by atoms with Gasteiger partial charge in [-0.05, 0) is 40.9 Å². The molecule has 3 rings (SSSR count). The van der Waals surface area contributed by atoms with Crippen molar-refractivity contribution in [3.8, 4) is 0 Å². The van der Waals surface area contributed by atoms with Gasteiger partial charge < -0.3 is 9.47 Å². The number of rotatable bonds is 2. The third-order valence-corrected chi connectivity index (χ3v) is 4.26. The van der Waals surface area contributed by atoms with Crippen molar-refractivity contribution in [3.63, 3.8) is 0 Å². The van der Waals surface area contributed by atoms with E-state index in [4.69, 9.17) is 0 Å². The highest BCUT2D eigenvalue weighted by Gasteiger charge is 2.25. The van der Waals surface area contributed by atoms with E-state index in [1.807, 2.05) is 29.9 Å². The summed E-state index contributed by atoms with van der Waals surface area (Å²) in [5, 5.41) is 8.19. The van der Waals surface area contributed by atoms with E-state index >= 15 is 0 Å². The van der Waals surface area contributed by atoms with Gasteiger partial charge in [-0.1, -0.05) is 0 Å². The van der Waals surface area contributed by atoms with Gasteiger partial charge >= 0.3 is 0 Å². The number of aromatic nitrogens is 4. The second kappa shape index (κ2) is 5.28. The van der Waals surface area contributed by atoms with E-state index in [1.54, 1.807) is 6.33 Å². The van der Waals surface area contributed by atoms with Gasteiger partial charge in [0.1, 0.15) is 18.0 Å². The number of aryl methyl sites for hydroxylation is 1. The second-order valence-corrected chi connectivity index (χ2v) is 5.72. The molecule has 0 N–H and O–H groups in total. The monoisotopic (exact) mass is 321 g/mol. The molecule has 1 aliphatic heterocycles. The van der Waals surface area contributed by atoms with Gasteiger partial charge in [-0.2, -0.15) is 0 Å². The first-order valence-electron chi connectivity index (χ1n) is 6.45. The summed E-state index contributed by atoms with van der Waals surface area (Å²) in [6.45, 7) is 2.01. The summed E-state index contributed by atoms with van der Waals surface area (Å²) in [7, 11) is 2.01. The van der Waals surface area contributed by atoms with E-state index in [2.05, 4.69) is 36.0 Å². The Labute approximate surface area is 120 Å². The van der Waals surface area contributed by atoms with E-state index < -0.39 is 0 Å². The van der Waals surface area contributed by atoms with Crippen molar-refractivity contribution in [1.82, 2.24) is 19.7 Å². The van der Waals surface area contributed by atoms with Crippen LogP contribution in [0.3, 0.4) is 0 Å². The zero-order valence-electron chi connectivity index (χ0n) is 10.8. The Balaban J connectivity index is 1.70. The van der Waals surface area contributed by atoms with Crippen LogP contribution in [0.5, 0.6) is 0 Å². The molecule has 1 fully saturated rings. The van der Waals surface area contributed by atoms with Crippen LogP contribution in [-0.4, -0.2) is 32.8 Å². The van der Waals surface area contributed by atoms with E-state index in [9.17, 15) is 0 Å². The van der Waals surface area contributed by atoms with Crippen molar-refractivity contribution < 1.29 is 0 Å². The number of hydrogen-bond donors (Lipinski definition) is 0. The first kappa shape index (κ1) is 12.6. The molecule has 100 valence electrons. The normalized spacial score (nSPS) is 16.8. The topological polar surface area (TPSA) is 46.8 Å². The van der Waals surface area contributed by atoms with Crippen LogP contribution in [0.4, 0.5) is 5.82 Å². The molecule has 2 aromatic heterocycles. The smallest absolute Gasteiger partial charge is 0.142 e. The molecule has 3 heterocycles. The maximum absolute atomic E-state index is 4.45. The Morgan fingerprint density at radius 2 is 2.11 bits per heavy atom. The predicted octanol–water partition coefficient (Wildman–Crippen LogP) is 2.36. The molecule has 19 heavy (non-hydrogen) atoms. The second-order valence-electron chi connectivity index (χ2n) is 4.87. The van der Waals surface area contributed by atoms with Gasteiger partial charge in [-0.25, -0.2) is 4.98 Å². The Morgan fingerprint density at radius 3 is 2.74 bits per heavy atom. The average Bonchev–Trinajstić information content (AvgIpc) is 2.86. The van der Waals surface area contributed by atoms with Crippen molar-refractivity contribution in [2.24, 2.45) is 7.05 Å². The summed E-state index contributed by atoms with van der Waals surface area (Å²) >= 11 is 3.57. The van der Waals surface area contributed by atoms with Crippen LogP contribution in [0.1, 0.15) is 24.6 Å². The highest BCUT2D eigenvalue weighted by molar-refractivity contribution is 9.10. The molecule has 0 atom stereocenters. The maximum Gasteiger partial charge on any atom is 0.142 e. The van der Waals surface area contributed by atoms with Crippen molar-refractivity contribution in [3.05, 3.63) is 35.0 Å². The maximum atomic E-state index is 4.45. The lowest BCUT2D eigenvalue weighted by Crippen LogP contribution is -2.34. The summed E-state index contributed by atoms with van der Waals surface area (Å²) in [6, 6.07) is 3.98. The number of anilines is 1. The van der Waals surface area contributed by atoms with Gasteiger partial charge in [0.05, 0.1) is 4.47 Å². The van der Waals surface area contributed by atoms with E-state index in [1.165, 1.54) is 0 Å². The molecule has 6 heteroatoms. The van der Waals surface area contributed by atoms with Crippen LogP contribution in [0, 0.1) is 0 Å². The van der Waals surface area contributed by atoms with Gasteiger partial charge in [0, 0.05) is 32.3 Å². The van der Waals surface area contributed by atoms with Gasteiger partial charge in [0.25, 0.3) is 0 Å². The highest BCUT2D eigenvalue weighted by atomic mass is 79.9. The summed E-state index contributed by atoms with van der Waals surface area (Å²) in [6.07, 6.45) is 5.80. The third-order valence-electron chi connectivity index (χ3n) is 3.65. The first-order valence-corrected chi connectivity index (χ1v) is 7.24. The minimum absolute atomic E-state index is 0.506. The first-order chi connectivity index (χ1) is 9.25. The van der Waals surface area contributed by atoms with Crippen LogP contribution in [0.2, 0.25) is 0 Å². The molecular formula is C13H16BrN5. The van der Waals surface area contributed by atoms with Crippen LogP contribution in [0.15, 0.2) is 29.1 Å². The Kier molecular flexibility index (Phi) is 3.50. The summed E-state index contributed by atoms with van der Waals surface area (Å²) in [5.41, 5.74) is 0. The molecule has 1 aliphatic rings. The minimum atomic E-state index is 0.506. The van der Waals surface area contributed by atoms with Gasteiger partial charge in [0.15, 0.2) is 0 Å². The molecule has 0 unspecified atom stereocenters. The van der Waals surface area contributed by atoms with E-state index in [-0.39, 0.29) is 0 Å². The Bertz CT molecular complexity index is 560. The standard InChI is InChI=1S/C13H16BrN5/c1-18-9-16-17-12(18)10-4-7-19(8-5-10)13-11(14)3-2-6-15-13/h2-3,6,9-10H,4-5,7-8H2,1H3. The molecule has 5 nitrogen and oxygen atoms in total. The van der Waals surface area contributed by atoms with Crippen molar-refractivity contribution >= 4 is 21.7 Å². The van der Waals surface area contributed by atoms with Crippen LogP contribution >= 0.6 is 15.9 Å². The van der Waals surface area contributed by atoms with E-state index in [0.717, 1.165) is 42.0 Å². The third kappa shape index (κ3) is 2.49. The fourth-order valence-electron chi connectivity index (χ4n) is 2.62. The lowest BCUT2D eigenvalue weighted by Gasteiger charge is -2.32. The Morgan fingerprint density at radius 1 is 1.32 bits per heavy atom. The number of halogens is 1. The zero-order valence-corrected chi connectivity index (χ0v) is 12.4. The molecular weight excluding hydrogens is 306 g/mol. The number of piperidine rings is 1. The molecule has 0 spiro atoms. The van der Waals surface area contributed by atoms with Crippen LogP contribution in [0.25, 0.3) is 0 Å². The van der Waals surface area contributed by atoms with Crippen molar-refractivity contribution in [2.45, 2.75) is 18.8 Å². The Hall–Kier alpha value is -1.43. The lowest BCUT2D eigenvalue weighted by atomic mass is 9.96. The molecule has 0 bridgehead atoms. The van der Waals surface area contributed by atoms with Gasteiger partial charge in [0.2, 0.25) is 0 Å². The lowest BCUT2D eigenvalue weighted by molar-refractivity contribution is 0.472. The number of hydrogen-bond acceptors (Lipinski definition) is 4. The minimum Gasteiger partial charge on any atom is -0.356 e. The number of nitrogens with zero attached hydrogens (tertiary/aromatic N) is 5. The van der Waals surface area contributed by atoms with Gasteiger partial charge in [-0.3, -0.25) is 0 Å². The van der Waals surface area contributed by atoms with Crippen LogP contribution in [-0.2, 0) is 7.05 Å². The zero-order chi connectivity index (χ0) is 13.2. The molecule has 0 radical (unpaired) electrons. The molecule has 0 amide bonds. The molecule has 0 aliphatic carbocycles. The van der Waals surface area contributed by atoms with E-state index in [0.29, 0.717) is 5.92 Å². The molecule has 2 aromatic rings. The average molecular weight is 322 g/mol. The fourth-order valence-corrected chi connectivity index (χ4v) is 3.13. The molecule has 1 saturated heterocycles. The predicted molar refractivity (Wildman–Crippen MR) is 77.1 cm³/mol. The quantitative estimate of drug-likeness (QED) is 0.852. The molecule has 0 aromatic carbocycles. The largest absolute Gasteiger partial charge is 0.356 e. The number of pyridine rings is 1.